The molecule has 0 aliphatic carbocycles. The largest absolute Gasteiger partial charge is 0.341 e. The number of rotatable bonds is 4. The highest BCUT2D eigenvalue weighted by Gasteiger charge is 2.23. The summed E-state index contributed by atoms with van der Waals surface area (Å²) in [5, 5.41) is 4.27. The van der Waals surface area contributed by atoms with Crippen molar-refractivity contribution in [2.75, 3.05) is 44.2 Å². The van der Waals surface area contributed by atoms with Crippen molar-refractivity contribution < 1.29 is 0 Å². The van der Waals surface area contributed by atoms with E-state index in [0.29, 0.717) is 5.92 Å². The number of fused-ring (bicyclic) bond motifs is 2. The molecule has 1 saturated heterocycles. The highest BCUT2D eigenvalue weighted by atomic mass is 35.5. The Kier molecular flexibility index (Phi) is 5.49. The Morgan fingerprint density at radius 3 is 2.50 bits per heavy atom. The van der Waals surface area contributed by atoms with Crippen LogP contribution in [-0.2, 0) is 12.8 Å². The van der Waals surface area contributed by atoms with Gasteiger partial charge in [-0.2, -0.15) is 0 Å². The smallest absolute Gasteiger partial charge is 0.0458 e. The number of nitrogens with one attached hydrogen (secondary N) is 1. The van der Waals surface area contributed by atoms with Crippen molar-refractivity contribution in [3.8, 4) is 0 Å². The number of halogens is 1. The molecule has 0 saturated carbocycles. The lowest BCUT2D eigenvalue weighted by atomic mass is 10.0. The second-order valence-electron chi connectivity index (χ2n) is 7.67. The number of para-hydroxylation sites is 1. The molecule has 4 rings (SSSR count). The Labute approximate surface area is 161 Å². The van der Waals surface area contributed by atoms with Gasteiger partial charge in [0, 0.05) is 55.7 Å². The summed E-state index contributed by atoms with van der Waals surface area (Å²) in [7, 11) is 0. The number of hydrogen-bond donors (Lipinski definition) is 1. The van der Waals surface area contributed by atoms with Gasteiger partial charge in [-0.25, -0.2) is 0 Å². The Bertz CT molecular complexity index is 755. The molecule has 1 fully saturated rings. The van der Waals surface area contributed by atoms with Gasteiger partial charge in [0.05, 0.1) is 0 Å². The number of piperazine rings is 1. The summed E-state index contributed by atoms with van der Waals surface area (Å²) in [6.45, 7) is 9.08. The molecule has 1 atom stereocenters. The molecule has 0 spiro atoms. The zero-order valence-electron chi connectivity index (χ0n) is 15.5. The molecule has 2 aromatic rings. The molecule has 2 aliphatic heterocycles. The lowest BCUT2D eigenvalue weighted by Gasteiger charge is -2.34. The Hall–Kier alpha value is -1.55. The summed E-state index contributed by atoms with van der Waals surface area (Å²) in [6.07, 6.45) is 2.17. The van der Waals surface area contributed by atoms with Crippen LogP contribution in [0, 0.1) is 5.92 Å². The van der Waals surface area contributed by atoms with Gasteiger partial charge in [-0.1, -0.05) is 42.8 Å². The van der Waals surface area contributed by atoms with Crippen LogP contribution in [0.5, 0.6) is 0 Å². The molecule has 0 radical (unpaired) electrons. The SMILES string of the molecule is CC(CN1CCNCC1)CN1c2ccccc2CCc2ccc(Cl)cc21. The molecule has 2 aromatic carbocycles. The molecule has 0 bridgehead atoms. The zero-order chi connectivity index (χ0) is 17.9. The van der Waals surface area contributed by atoms with Gasteiger partial charge in [0.2, 0.25) is 0 Å². The van der Waals surface area contributed by atoms with Crippen LogP contribution in [0.15, 0.2) is 42.5 Å². The Morgan fingerprint density at radius 2 is 1.69 bits per heavy atom. The van der Waals surface area contributed by atoms with Crippen molar-refractivity contribution >= 4 is 23.0 Å². The number of benzene rings is 2. The number of anilines is 2. The van der Waals surface area contributed by atoms with E-state index >= 15 is 0 Å². The third kappa shape index (κ3) is 3.90. The third-order valence-corrected chi connectivity index (χ3v) is 5.79. The van der Waals surface area contributed by atoms with E-state index in [4.69, 9.17) is 11.6 Å². The highest BCUT2D eigenvalue weighted by Crippen LogP contribution is 2.37. The quantitative estimate of drug-likeness (QED) is 0.874. The maximum atomic E-state index is 6.37. The van der Waals surface area contributed by atoms with Crippen LogP contribution in [0.25, 0.3) is 0 Å². The monoisotopic (exact) mass is 369 g/mol. The van der Waals surface area contributed by atoms with E-state index in [0.717, 1.165) is 57.1 Å². The molecule has 2 aliphatic rings. The summed E-state index contributed by atoms with van der Waals surface area (Å²) in [5.74, 6) is 0.589. The van der Waals surface area contributed by atoms with Crippen molar-refractivity contribution in [1.82, 2.24) is 10.2 Å². The van der Waals surface area contributed by atoms with E-state index < -0.39 is 0 Å². The Balaban J connectivity index is 1.61. The standard InChI is InChI=1S/C22H28ClN3/c1-17(15-25-12-10-24-11-13-25)16-26-21-5-3-2-4-18(21)6-7-19-8-9-20(23)14-22(19)26/h2-5,8-9,14,17,24H,6-7,10-13,15-16H2,1H3. The van der Waals surface area contributed by atoms with Gasteiger partial charge < -0.3 is 15.1 Å². The molecule has 0 amide bonds. The first-order chi connectivity index (χ1) is 12.7. The highest BCUT2D eigenvalue weighted by molar-refractivity contribution is 6.30. The normalized spacial score (nSPS) is 18.8. The average Bonchev–Trinajstić information content (AvgIpc) is 2.80. The van der Waals surface area contributed by atoms with Crippen LogP contribution in [0.3, 0.4) is 0 Å². The van der Waals surface area contributed by atoms with E-state index in [1.54, 1.807) is 0 Å². The lowest BCUT2D eigenvalue weighted by Crippen LogP contribution is -2.46. The van der Waals surface area contributed by atoms with Crippen molar-refractivity contribution in [1.29, 1.82) is 0 Å². The van der Waals surface area contributed by atoms with Gasteiger partial charge in [-0.05, 0) is 48.1 Å². The topological polar surface area (TPSA) is 18.5 Å². The van der Waals surface area contributed by atoms with Gasteiger partial charge in [-0.15, -0.1) is 0 Å². The predicted molar refractivity (Wildman–Crippen MR) is 111 cm³/mol. The molecule has 138 valence electrons. The van der Waals surface area contributed by atoms with Crippen LogP contribution < -0.4 is 10.2 Å². The summed E-state index contributed by atoms with van der Waals surface area (Å²) in [5.41, 5.74) is 5.48. The molecule has 0 aromatic heterocycles. The second-order valence-corrected chi connectivity index (χ2v) is 8.10. The summed E-state index contributed by atoms with van der Waals surface area (Å²) < 4.78 is 0. The second kappa shape index (κ2) is 7.99. The van der Waals surface area contributed by atoms with Crippen molar-refractivity contribution in [3.05, 3.63) is 58.6 Å². The van der Waals surface area contributed by atoms with Gasteiger partial charge in [-0.3, -0.25) is 0 Å². The zero-order valence-corrected chi connectivity index (χ0v) is 16.3. The molecule has 3 nitrogen and oxygen atoms in total. The fourth-order valence-electron chi connectivity index (χ4n) is 4.28. The van der Waals surface area contributed by atoms with Crippen LogP contribution in [-0.4, -0.2) is 44.2 Å². The molecule has 26 heavy (non-hydrogen) atoms. The molecular weight excluding hydrogens is 342 g/mol. The van der Waals surface area contributed by atoms with Gasteiger partial charge >= 0.3 is 0 Å². The van der Waals surface area contributed by atoms with Crippen LogP contribution in [0.4, 0.5) is 11.4 Å². The average molecular weight is 370 g/mol. The first-order valence-corrected chi connectivity index (χ1v) is 10.2. The fraction of sp³-hybridized carbons (Fsp3) is 0.455. The van der Waals surface area contributed by atoms with E-state index in [-0.39, 0.29) is 0 Å². The van der Waals surface area contributed by atoms with Crippen LogP contribution in [0.2, 0.25) is 5.02 Å². The molecular formula is C22H28ClN3. The first-order valence-electron chi connectivity index (χ1n) is 9.77. The fourth-order valence-corrected chi connectivity index (χ4v) is 4.45. The van der Waals surface area contributed by atoms with Gasteiger partial charge in [0.15, 0.2) is 0 Å². The minimum atomic E-state index is 0.589. The molecule has 4 heteroatoms. The van der Waals surface area contributed by atoms with Crippen LogP contribution in [0.1, 0.15) is 18.1 Å². The van der Waals surface area contributed by atoms with Crippen LogP contribution >= 0.6 is 11.6 Å². The van der Waals surface area contributed by atoms with Crippen molar-refractivity contribution in [3.63, 3.8) is 0 Å². The van der Waals surface area contributed by atoms with Gasteiger partial charge in [0.25, 0.3) is 0 Å². The maximum absolute atomic E-state index is 6.37. The Morgan fingerprint density at radius 1 is 0.962 bits per heavy atom. The predicted octanol–water partition coefficient (Wildman–Crippen LogP) is 4.12. The summed E-state index contributed by atoms with van der Waals surface area (Å²) in [6, 6.07) is 15.2. The molecule has 2 heterocycles. The first kappa shape index (κ1) is 17.8. The summed E-state index contributed by atoms with van der Waals surface area (Å²) >= 11 is 6.37. The third-order valence-electron chi connectivity index (χ3n) is 5.56. The lowest BCUT2D eigenvalue weighted by molar-refractivity contribution is 0.213. The van der Waals surface area contributed by atoms with E-state index in [9.17, 15) is 0 Å². The van der Waals surface area contributed by atoms with E-state index in [2.05, 4.69) is 58.4 Å². The maximum Gasteiger partial charge on any atom is 0.0458 e. The number of aryl methyl sites for hydroxylation is 2. The molecule has 1 unspecified atom stereocenters. The number of hydrogen-bond acceptors (Lipinski definition) is 3. The summed E-state index contributed by atoms with van der Waals surface area (Å²) in [4.78, 5) is 5.10. The van der Waals surface area contributed by atoms with Crippen molar-refractivity contribution in [2.24, 2.45) is 5.92 Å². The van der Waals surface area contributed by atoms with Gasteiger partial charge in [0.1, 0.15) is 0 Å². The molecule has 1 N–H and O–H groups in total. The minimum Gasteiger partial charge on any atom is -0.341 e. The van der Waals surface area contributed by atoms with E-state index in [1.807, 2.05) is 6.07 Å². The minimum absolute atomic E-state index is 0.589. The number of nitrogens with zero attached hydrogens (tertiary/aromatic N) is 2. The van der Waals surface area contributed by atoms with E-state index in [1.165, 1.54) is 22.5 Å². The van der Waals surface area contributed by atoms with Crippen molar-refractivity contribution in [2.45, 2.75) is 19.8 Å².